The van der Waals surface area contributed by atoms with Crippen LogP contribution in [0.1, 0.15) is 35.4 Å². The van der Waals surface area contributed by atoms with E-state index in [-0.39, 0.29) is 6.10 Å². The molecule has 4 rings (SSSR count). The maximum absolute atomic E-state index is 12.2. The summed E-state index contributed by atoms with van der Waals surface area (Å²) in [6.45, 7) is 0.577. The van der Waals surface area contributed by atoms with Gasteiger partial charge in [0.25, 0.3) is 5.69 Å². The third kappa shape index (κ3) is 2.83. The van der Waals surface area contributed by atoms with Gasteiger partial charge in [-0.15, -0.1) is 0 Å². The first-order valence-corrected chi connectivity index (χ1v) is 8.54. The predicted octanol–water partition coefficient (Wildman–Crippen LogP) is 3.05. The van der Waals surface area contributed by atoms with Crippen molar-refractivity contribution in [1.29, 1.82) is 0 Å². The van der Waals surface area contributed by atoms with E-state index in [0.29, 0.717) is 12.2 Å². The summed E-state index contributed by atoms with van der Waals surface area (Å²) in [5.41, 5.74) is 2.43. The van der Waals surface area contributed by atoms with E-state index in [9.17, 15) is 5.11 Å². The maximum Gasteiger partial charge on any atom is 0.266 e. The smallest absolute Gasteiger partial charge is 0.266 e. The van der Waals surface area contributed by atoms with E-state index in [0.717, 1.165) is 22.0 Å². The van der Waals surface area contributed by atoms with Crippen LogP contribution in [-0.2, 0) is 11.3 Å². The van der Waals surface area contributed by atoms with E-state index in [1.54, 1.807) is 4.68 Å². The highest BCUT2D eigenvalue weighted by molar-refractivity contribution is 9.10. The van der Waals surface area contributed by atoms with Crippen molar-refractivity contribution in [2.45, 2.75) is 25.2 Å². The first-order valence-electron chi connectivity index (χ1n) is 7.75. The predicted molar refractivity (Wildman–Crippen MR) is 87.0 cm³/mol. The molecule has 122 valence electrons. The zero-order valence-electron chi connectivity index (χ0n) is 12.8. The highest BCUT2D eigenvalue weighted by Crippen LogP contribution is 2.37. The fourth-order valence-electron chi connectivity index (χ4n) is 3.01. The molecule has 0 bridgehead atoms. The Bertz CT molecular complexity index is 833. The third-order valence-corrected chi connectivity index (χ3v) is 4.73. The van der Waals surface area contributed by atoms with Crippen molar-refractivity contribution in [3.05, 3.63) is 75.9 Å². The lowest BCUT2D eigenvalue weighted by atomic mass is 10.0. The van der Waals surface area contributed by atoms with Crippen LogP contribution in [0.2, 0.25) is 0 Å². The molecule has 0 N–H and O–H groups in total. The number of nitrogens with zero attached hydrogens (tertiary/aromatic N) is 2. The van der Waals surface area contributed by atoms with Crippen LogP contribution in [0.4, 0.5) is 0 Å². The Kier molecular flexibility index (Phi) is 4.08. The van der Waals surface area contributed by atoms with Crippen LogP contribution in [-0.4, -0.2) is 5.27 Å². The van der Waals surface area contributed by atoms with Gasteiger partial charge in [0.15, 0.2) is 18.6 Å². The number of halogens is 1. The Labute approximate surface area is 147 Å². The summed E-state index contributed by atoms with van der Waals surface area (Å²) >= 11 is 3.43. The molecule has 0 amide bonds. The van der Waals surface area contributed by atoms with Crippen molar-refractivity contribution in [2.75, 3.05) is 0 Å². The van der Waals surface area contributed by atoms with E-state index >= 15 is 0 Å². The summed E-state index contributed by atoms with van der Waals surface area (Å²) in [6, 6.07) is 17.8. The van der Waals surface area contributed by atoms with Gasteiger partial charge in [0.2, 0.25) is 0 Å². The lowest BCUT2D eigenvalue weighted by Gasteiger charge is -2.20. The fourth-order valence-corrected chi connectivity index (χ4v) is 3.27. The van der Waals surface area contributed by atoms with Crippen LogP contribution in [0.15, 0.2) is 63.6 Å². The summed E-state index contributed by atoms with van der Waals surface area (Å²) in [4.78, 5) is 0. The zero-order chi connectivity index (χ0) is 16.5. The summed E-state index contributed by atoms with van der Waals surface area (Å²) in [7, 11) is 0. The fraction of sp³-hybridized carbons (Fsp3) is 0.222. The molecule has 2 atom stereocenters. The van der Waals surface area contributed by atoms with Gasteiger partial charge < -0.3 is 14.4 Å². The molecule has 6 heteroatoms. The van der Waals surface area contributed by atoms with Gasteiger partial charge in [-0.1, -0.05) is 63.1 Å². The van der Waals surface area contributed by atoms with Gasteiger partial charge in [-0.2, -0.15) is 0 Å². The summed E-state index contributed by atoms with van der Waals surface area (Å²) in [6.07, 6.45) is 0.103. The van der Waals surface area contributed by atoms with Crippen LogP contribution < -0.4 is 9.79 Å². The number of fused-ring (bicyclic) bond motifs is 1. The monoisotopic (exact) mass is 386 g/mol. The number of aryl methyl sites for hydroxylation is 1. The van der Waals surface area contributed by atoms with Crippen LogP contribution in [0.5, 0.6) is 5.95 Å². The van der Waals surface area contributed by atoms with Gasteiger partial charge in [-0.25, -0.2) is 0 Å². The van der Waals surface area contributed by atoms with Crippen molar-refractivity contribution in [3.63, 3.8) is 0 Å². The topological polar surface area (TPSA) is 62.2 Å². The van der Waals surface area contributed by atoms with Crippen molar-refractivity contribution < 1.29 is 19.0 Å². The molecule has 0 spiro atoms. The van der Waals surface area contributed by atoms with Gasteiger partial charge in [-0.05, 0) is 23.3 Å². The number of ether oxygens (including phenoxy) is 1. The van der Waals surface area contributed by atoms with Crippen molar-refractivity contribution in [3.8, 4) is 5.95 Å². The van der Waals surface area contributed by atoms with Crippen molar-refractivity contribution in [1.82, 2.24) is 5.27 Å². The second-order valence-electron chi connectivity index (χ2n) is 5.72. The number of hydrogen-bond donors (Lipinski definition) is 0. The van der Waals surface area contributed by atoms with Crippen molar-refractivity contribution >= 4 is 15.9 Å². The zero-order valence-corrected chi connectivity index (χ0v) is 14.3. The van der Waals surface area contributed by atoms with Crippen LogP contribution in [0.3, 0.4) is 0 Å². The Hall–Kier alpha value is -2.18. The molecule has 24 heavy (non-hydrogen) atoms. The third-order valence-electron chi connectivity index (χ3n) is 4.21. The van der Waals surface area contributed by atoms with Gasteiger partial charge >= 0.3 is 0 Å². The second kappa shape index (κ2) is 6.37. The molecule has 0 unspecified atom stereocenters. The van der Waals surface area contributed by atoms with E-state index < -0.39 is 12.1 Å². The van der Waals surface area contributed by atoms with Crippen LogP contribution in [0.25, 0.3) is 0 Å². The average molecular weight is 387 g/mol. The Morgan fingerprint density at radius 3 is 2.54 bits per heavy atom. The first-order chi connectivity index (χ1) is 11.7. The minimum atomic E-state index is -0.510. The minimum absolute atomic E-state index is 0.110. The van der Waals surface area contributed by atoms with Crippen LogP contribution in [0, 0.1) is 0 Å². The largest absolute Gasteiger partial charge is 0.539 e. The summed E-state index contributed by atoms with van der Waals surface area (Å²) < 4.78 is 13.8. The minimum Gasteiger partial charge on any atom is -0.539 e. The molecule has 0 fully saturated rings. The number of hydrogen-bond acceptors (Lipinski definition) is 4. The van der Waals surface area contributed by atoms with E-state index in [4.69, 9.17) is 9.26 Å². The van der Waals surface area contributed by atoms with Crippen molar-refractivity contribution in [2.24, 2.45) is 0 Å². The highest BCUT2D eigenvalue weighted by Gasteiger charge is 2.36. The molecule has 1 aliphatic rings. The van der Waals surface area contributed by atoms with Gasteiger partial charge in [-0.3, -0.25) is 0 Å². The molecule has 2 heterocycles. The number of benzene rings is 2. The molecule has 0 saturated heterocycles. The van der Waals surface area contributed by atoms with Crippen LogP contribution >= 0.6 is 15.9 Å². The Balaban J connectivity index is 1.77. The molecule has 0 radical (unpaired) electrons. The van der Waals surface area contributed by atoms with Gasteiger partial charge in [0.05, 0.1) is 11.4 Å². The summed E-state index contributed by atoms with van der Waals surface area (Å²) in [5.74, 6) is -0.448. The van der Waals surface area contributed by atoms with E-state index in [1.165, 1.54) is 0 Å². The summed E-state index contributed by atoms with van der Waals surface area (Å²) in [5, 5.41) is 16.0. The molecule has 0 saturated carbocycles. The first kappa shape index (κ1) is 15.4. The molecular formula is C18H15BrN2O3. The highest BCUT2D eigenvalue weighted by atomic mass is 79.9. The standard InChI is InChI=1S/C18H15BrN2O3/c19-14-8-6-13(7-9-14)17-16-18(22)24-20-21(16)11-10-15(23-17)12-4-2-1-3-5-12/h1-9,15,17H,10-11H2/t15-,17-/m0/s1. The number of rotatable bonds is 2. The van der Waals surface area contributed by atoms with E-state index in [2.05, 4.69) is 21.2 Å². The SMILES string of the molecule is [O-]c1on[n+]2c1[C@H](c1ccc(Br)cc1)O[C@H](c1ccccc1)CC2. The van der Waals surface area contributed by atoms with Gasteiger partial charge in [0, 0.05) is 10.9 Å². The molecular weight excluding hydrogens is 372 g/mol. The lowest BCUT2D eigenvalue weighted by Crippen LogP contribution is -2.39. The average Bonchev–Trinajstić information content (AvgIpc) is 2.87. The number of aromatic nitrogens is 2. The van der Waals surface area contributed by atoms with Gasteiger partial charge in [0.1, 0.15) is 0 Å². The Morgan fingerprint density at radius 2 is 1.79 bits per heavy atom. The molecule has 1 aliphatic heterocycles. The van der Waals surface area contributed by atoms with E-state index in [1.807, 2.05) is 54.6 Å². The normalized spacial score (nSPS) is 20.4. The lowest BCUT2D eigenvalue weighted by molar-refractivity contribution is -0.768. The quantitative estimate of drug-likeness (QED) is 0.635. The molecule has 1 aromatic heterocycles. The molecule has 3 aromatic rings. The molecule has 0 aliphatic carbocycles. The maximum atomic E-state index is 12.2. The second-order valence-corrected chi connectivity index (χ2v) is 6.64. The molecule has 5 nitrogen and oxygen atoms in total. The Morgan fingerprint density at radius 1 is 1.04 bits per heavy atom. The molecule has 2 aromatic carbocycles.